The number of carbonyl (C=O) groups excluding carboxylic acids is 1. The Morgan fingerprint density at radius 2 is 2.07 bits per heavy atom. The summed E-state index contributed by atoms with van der Waals surface area (Å²) in [5, 5.41) is 8.46. The quantitative estimate of drug-likeness (QED) is 0.465. The molecule has 0 aromatic heterocycles. The largest absolute Gasteiger partial charge is 0.480 e. The molecule has 5 nitrogen and oxygen atoms in total. The number of unbranched alkanes of at least 4 members (excludes halogenated alkanes) is 1. The van der Waals surface area contributed by atoms with Gasteiger partial charge in [0, 0.05) is 6.42 Å². The summed E-state index contributed by atoms with van der Waals surface area (Å²) in [5.74, 6) is -1.24. The van der Waals surface area contributed by atoms with Gasteiger partial charge in [0.1, 0.15) is 6.04 Å². The highest BCUT2D eigenvalue weighted by Gasteiger charge is 2.10. The van der Waals surface area contributed by atoms with Gasteiger partial charge < -0.3 is 15.6 Å². The van der Waals surface area contributed by atoms with Gasteiger partial charge in [-0.05, 0) is 19.8 Å². The Labute approximate surface area is 83.2 Å². The maximum absolute atomic E-state index is 10.9. The Kier molecular flexibility index (Phi) is 6.74. The number of esters is 1. The zero-order chi connectivity index (χ0) is 11.0. The monoisotopic (exact) mass is 203 g/mol. The molecule has 82 valence electrons. The van der Waals surface area contributed by atoms with Crippen molar-refractivity contribution in [2.75, 3.05) is 6.61 Å². The molecule has 0 unspecified atom stereocenters. The highest BCUT2D eigenvalue weighted by molar-refractivity contribution is 5.73. The molecule has 1 atom stereocenters. The number of hydrogen-bond donors (Lipinski definition) is 2. The summed E-state index contributed by atoms with van der Waals surface area (Å²) >= 11 is 0. The zero-order valence-corrected chi connectivity index (χ0v) is 8.36. The Morgan fingerprint density at radius 1 is 1.43 bits per heavy atom. The van der Waals surface area contributed by atoms with Gasteiger partial charge in [-0.2, -0.15) is 0 Å². The predicted octanol–water partition coefficient (Wildman–Crippen LogP) is 0.522. The number of carboxylic acids is 1. The Balaban J connectivity index is 3.37. The molecule has 0 aliphatic heterocycles. The second-order valence-corrected chi connectivity index (χ2v) is 3.00. The van der Waals surface area contributed by atoms with Gasteiger partial charge in [0.2, 0.25) is 0 Å². The van der Waals surface area contributed by atoms with Crippen molar-refractivity contribution in [1.82, 2.24) is 0 Å². The van der Waals surface area contributed by atoms with Crippen molar-refractivity contribution in [3.63, 3.8) is 0 Å². The van der Waals surface area contributed by atoms with Gasteiger partial charge in [0.25, 0.3) is 0 Å². The van der Waals surface area contributed by atoms with Crippen LogP contribution in [0.3, 0.4) is 0 Å². The van der Waals surface area contributed by atoms with Crippen molar-refractivity contribution in [3.8, 4) is 0 Å². The number of hydrogen-bond acceptors (Lipinski definition) is 4. The number of nitrogens with two attached hydrogens (primary N) is 1. The molecule has 3 N–H and O–H groups in total. The van der Waals surface area contributed by atoms with Crippen molar-refractivity contribution < 1.29 is 19.4 Å². The first-order valence-corrected chi connectivity index (χ1v) is 4.72. The molecular formula is C9H17NO4. The van der Waals surface area contributed by atoms with Gasteiger partial charge in [0.15, 0.2) is 0 Å². The van der Waals surface area contributed by atoms with Gasteiger partial charge in [0.05, 0.1) is 6.61 Å². The van der Waals surface area contributed by atoms with Crippen LogP contribution < -0.4 is 5.73 Å². The lowest BCUT2D eigenvalue weighted by atomic mass is 10.1. The van der Waals surface area contributed by atoms with Crippen LogP contribution >= 0.6 is 0 Å². The Morgan fingerprint density at radius 3 is 2.57 bits per heavy atom. The van der Waals surface area contributed by atoms with Crippen molar-refractivity contribution >= 4 is 11.9 Å². The van der Waals surface area contributed by atoms with E-state index in [2.05, 4.69) is 0 Å². The molecule has 0 heterocycles. The van der Waals surface area contributed by atoms with Crippen LogP contribution in [0.1, 0.15) is 32.6 Å². The predicted molar refractivity (Wildman–Crippen MR) is 50.7 cm³/mol. The van der Waals surface area contributed by atoms with Gasteiger partial charge in [-0.1, -0.05) is 6.42 Å². The molecular weight excluding hydrogens is 186 g/mol. The molecule has 0 aromatic rings. The summed E-state index contributed by atoms with van der Waals surface area (Å²) in [6, 6.07) is -0.822. The van der Waals surface area contributed by atoms with Crippen LogP contribution in [0, 0.1) is 0 Å². The van der Waals surface area contributed by atoms with Gasteiger partial charge in [-0.25, -0.2) is 0 Å². The van der Waals surface area contributed by atoms with Crippen LogP contribution in [-0.2, 0) is 14.3 Å². The molecule has 0 aliphatic carbocycles. The fourth-order valence-electron chi connectivity index (χ4n) is 0.990. The summed E-state index contributed by atoms with van der Waals surface area (Å²) in [6.45, 7) is 2.13. The van der Waals surface area contributed by atoms with E-state index in [0.29, 0.717) is 32.3 Å². The summed E-state index contributed by atoms with van der Waals surface area (Å²) < 4.78 is 4.71. The summed E-state index contributed by atoms with van der Waals surface area (Å²) in [7, 11) is 0. The first-order valence-electron chi connectivity index (χ1n) is 4.72. The molecule has 0 amide bonds. The first-order chi connectivity index (χ1) is 6.57. The first kappa shape index (κ1) is 12.9. The van der Waals surface area contributed by atoms with Crippen molar-refractivity contribution in [2.45, 2.75) is 38.6 Å². The number of carbonyl (C=O) groups is 2. The number of aliphatic carboxylic acids is 1. The van der Waals surface area contributed by atoms with Crippen LogP contribution in [0.4, 0.5) is 0 Å². The zero-order valence-electron chi connectivity index (χ0n) is 8.36. The topological polar surface area (TPSA) is 89.6 Å². The lowest BCUT2D eigenvalue weighted by molar-refractivity contribution is -0.143. The molecule has 0 aromatic carbocycles. The third kappa shape index (κ3) is 6.42. The van der Waals surface area contributed by atoms with Crippen LogP contribution in [-0.4, -0.2) is 29.7 Å². The molecule has 0 bridgehead atoms. The lowest BCUT2D eigenvalue weighted by Crippen LogP contribution is -2.29. The summed E-state index contributed by atoms with van der Waals surface area (Å²) in [4.78, 5) is 21.2. The second-order valence-electron chi connectivity index (χ2n) is 3.00. The molecule has 0 saturated carbocycles. The molecule has 0 aliphatic rings. The van der Waals surface area contributed by atoms with E-state index in [1.807, 2.05) is 0 Å². The molecule has 14 heavy (non-hydrogen) atoms. The van der Waals surface area contributed by atoms with Crippen LogP contribution in [0.5, 0.6) is 0 Å². The normalized spacial score (nSPS) is 12.1. The number of ether oxygens (including phenoxy) is 1. The van der Waals surface area contributed by atoms with E-state index < -0.39 is 12.0 Å². The van der Waals surface area contributed by atoms with Gasteiger partial charge in [-0.3, -0.25) is 9.59 Å². The second kappa shape index (κ2) is 7.32. The lowest BCUT2D eigenvalue weighted by Gasteiger charge is -2.05. The van der Waals surface area contributed by atoms with Crippen molar-refractivity contribution in [1.29, 1.82) is 0 Å². The molecule has 5 heteroatoms. The van der Waals surface area contributed by atoms with E-state index in [9.17, 15) is 9.59 Å². The van der Waals surface area contributed by atoms with Crippen molar-refractivity contribution in [2.24, 2.45) is 5.73 Å². The van der Waals surface area contributed by atoms with Crippen LogP contribution in [0.2, 0.25) is 0 Å². The Bertz CT molecular complexity index is 193. The molecule has 0 rings (SSSR count). The summed E-state index contributed by atoms with van der Waals surface area (Å²) in [5.41, 5.74) is 5.28. The maximum Gasteiger partial charge on any atom is 0.320 e. The van der Waals surface area contributed by atoms with Gasteiger partial charge >= 0.3 is 11.9 Å². The van der Waals surface area contributed by atoms with E-state index in [1.165, 1.54) is 0 Å². The SMILES string of the molecule is CCOC(=O)CCCC[C@H](N)C(=O)O. The third-order valence-electron chi connectivity index (χ3n) is 1.77. The van der Waals surface area contributed by atoms with E-state index in [-0.39, 0.29) is 5.97 Å². The van der Waals surface area contributed by atoms with Gasteiger partial charge in [-0.15, -0.1) is 0 Å². The van der Waals surface area contributed by atoms with E-state index >= 15 is 0 Å². The minimum Gasteiger partial charge on any atom is -0.480 e. The summed E-state index contributed by atoms with van der Waals surface area (Å²) in [6.07, 6.45) is 1.99. The Hall–Kier alpha value is -1.10. The third-order valence-corrected chi connectivity index (χ3v) is 1.77. The maximum atomic E-state index is 10.9. The van der Waals surface area contributed by atoms with Crippen molar-refractivity contribution in [3.05, 3.63) is 0 Å². The number of rotatable bonds is 7. The minimum absolute atomic E-state index is 0.239. The van der Waals surface area contributed by atoms with Crippen LogP contribution in [0.25, 0.3) is 0 Å². The fourth-order valence-corrected chi connectivity index (χ4v) is 0.990. The average molecular weight is 203 g/mol. The molecule has 0 spiro atoms. The van der Waals surface area contributed by atoms with E-state index in [4.69, 9.17) is 15.6 Å². The van der Waals surface area contributed by atoms with E-state index in [1.54, 1.807) is 6.92 Å². The average Bonchev–Trinajstić information content (AvgIpc) is 2.12. The standard InChI is InChI=1S/C9H17NO4/c1-2-14-8(11)6-4-3-5-7(10)9(12)13/h7H,2-6,10H2,1H3,(H,12,13)/t7-/m0/s1. The fraction of sp³-hybridized carbons (Fsp3) is 0.778. The van der Waals surface area contributed by atoms with Crippen LogP contribution in [0.15, 0.2) is 0 Å². The number of carboxylic acid groups (broad SMARTS) is 1. The molecule has 0 fully saturated rings. The smallest absolute Gasteiger partial charge is 0.320 e. The molecule has 0 saturated heterocycles. The highest BCUT2D eigenvalue weighted by atomic mass is 16.5. The van der Waals surface area contributed by atoms with E-state index in [0.717, 1.165) is 0 Å². The highest BCUT2D eigenvalue weighted by Crippen LogP contribution is 2.03. The minimum atomic E-state index is -0.999. The molecule has 0 radical (unpaired) electrons.